The highest BCUT2D eigenvalue weighted by molar-refractivity contribution is 5.86. The van der Waals surface area contributed by atoms with Crippen LogP contribution in [0.15, 0.2) is 42.5 Å². The molecule has 2 aliphatic rings. The monoisotopic (exact) mass is 419 g/mol. The molecule has 6 nitrogen and oxygen atoms in total. The van der Waals surface area contributed by atoms with E-state index in [1.54, 1.807) is 7.11 Å². The van der Waals surface area contributed by atoms with Gasteiger partial charge in [0.2, 0.25) is 0 Å². The van der Waals surface area contributed by atoms with E-state index >= 15 is 0 Å². The lowest BCUT2D eigenvalue weighted by molar-refractivity contribution is -0.0948. The smallest absolute Gasteiger partial charge is 0.317 e. The van der Waals surface area contributed by atoms with E-state index < -0.39 is 0 Å². The number of nitrogens with one attached hydrogen (secondary N) is 2. The number of piperidine rings is 1. The van der Waals surface area contributed by atoms with Crippen molar-refractivity contribution in [1.82, 2.24) is 15.2 Å². The molecule has 1 saturated heterocycles. The van der Waals surface area contributed by atoms with Gasteiger partial charge in [-0.25, -0.2) is 4.79 Å². The minimum Gasteiger partial charge on any atom is -0.497 e. The molecule has 0 radical (unpaired) electrons. The van der Waals surface area contributed by atoms with Crippen molar-refractivity contribution in [1.29, 1.82) is 0 Å². The van der Waals surface area contributed by atoms with E-state index in [9.17, 15) is 4.79 Å². The van der Waals surface area contributed by atoms with Crippen LogP contribution in [0.4, 0.5) is 4.79 Å². The van der Waals surface area contributed by atoms with E-state index in [0.717, 1.165) is 36.1 Å². The van der Waals surface area contributed by atoms with Crippen molar-refractivity contribution in [3.05, 3.63) is 64.8 Å². The van der Waals surface area contributed by atoms with E-state index in [2.05, 4.69) is 53.6 Å². The summed E-state index contributed by atoms with van der Waals surface area (Å²) in [6, 6.07) is 14.4. The number of amides is 2. The number of hydrogen-bond donors (Lipinski definition) is 2. The summed E-state index contributed by atoms with van der Waals surface area (Å²) >= 11 is 0. The maximum Gasteiger partial charge on any atom is 0.317 e. The average molecular weight is 420 g/mol. The summed E-state index contributed by atoms with van der Waals surface area (Å²) in [5.41, 5.74) is 5.63. The number of aromatic nitrogens is 1. The van der Waals surface area contributed by atoms with E-state index in [4.69, 9.17) is 9.47 Å². The highest BCUT2D eigenvalue weighted by atomic mass is 16.5. The maximum atomic E-state index is 12.7. The number of fused-ring (bicyclic) bond motifs is 4. The number of ether oxygens (including phenoxy) is 2. The van der Waals surface area contributed by atoms with Crippen molar-refractivity contribution in [3.63, 3.8) is 0 Å². The summed E-state index contributed by atoms with van der Waals surface area (Å²) in [7, 11) is 1.70. The number of methoxy groups -OCH3 is 1. The number of aromatic amines is 1. The van der Waals surface area contributed by atoms with Gasteiger partial charge in [-0.1, -0.05) is 29.8 Å². The van der Waals surface area contributed by atoms with Crippen LogP contribution in [-0.2, 0) is 23.3 Å². The summed E-state index contributed by atoms with van der Waals surface area (Å²) in [5, 5.41) is 4.28. The molecule has 1 spiro atoms. The third kappa shape index (κ3) is 3.65. The number of likely N-dealkylation sites (tertiary alicyclic amines) is 1. The molecule has 2 N–H and O–H groups in total. The molecular formula is C25H29N3O3. The molecule has 0 atom stereocenters. The molecule has 0 unspecified atom stereocenters. The van der Waals surface area contributed by atoms with E-state index in [-0.39, 0.29) is 11.6 Å². The lowest BCUT2D eigenvalue weighted by atomic mass is 9.83. The quantitative estimate of drug-likeness (QED) is 0.667. The van der Waals surface area contributed by atoms with Gasteiger partial charge in [-0.15, -0.1) is 0 Å². The van der Waals surface area contributed by atoms with Crippen molar-refractivity contribution in [2.24, 2.45) is 0 Å². The lowest BCUT2D eigenvalue weighted by Gasteiger charge is -2.43. The van der Waals surface area contributed by atoms with E-state index in [0.29, 0.717) is 26.2 Å². The van der Waals surface area contributed by atoms with Gasteiger partial charge in [-0.2, -0.15) is 0 Å². The SMILES string of the molecule is COc1ccc2[nH]c3c(c2c1)CCOC31CCN(C(=O)NCc2ccc(C)cc2)CC1. The molecule has 6 heteroatoms. The molecular weight excluding hydrogens is 390 g/mol. The minimum atomic E-state index is -0.340. The zero-order chi connectivity index (χ0) is 21.4. The first kappa shape index (κ1) is 19.9. The molecule has 1 aromatic heterocycles. The van der Waals surface area contributed by atoms with Crippen LogP contribution < -0.4 is 10.1 Å². The van der Waals surface area contributed by atoms with Crippen molar-refractivity contribution in [2.45, 2.75) is 38.3 Å². The van der Waals surface area contributed by atoms with E-state index in [1.807, 2.05) is 11.0 Å². The van der Waals surface area contributed by atoms with Crippen LogP contribution in [0.3, 0.4) is 0 Å². The molecule has 162 valence electrons. The molecule has 0 saturated carbocycles. The van der Waals surface area contributed by atoms with Gasteiger partial charge in [-0.05, 0) is 55.5 Å². The fourth-order valence-corrected chi connectivity index (χ4v) is 4.88. The zero-order valence-electron chi connectivity index (χ0n) is 18.2. The van der Waals surface area contributed by atoms with Crippen LogP contribution in [0.25, 0.3) is 10.9 Å². The Labute approximate surface area is 182 Å². The van der Waals surface area contributed by atoms with Gasteiger partial charge in [0.25, 0.3) is 0 Å². The Bertz CT molecular complexity index is 1100. The van der Waals surface area contributed by atoms with Crippen molar-refractivity contribution >= 4 is 16.9 Å². The molecule has 1 fully saturated rings. The van der Waals surface area contributed by atoms with Crippen LogP contribution in [0, 0.1) is 6.92 Å². The van der Waals surface area contributed by atoms with Gasteiger partial charge in [0.15, 0.2) is 0 Å². The molecule has 3 aromatic rings. The fourth-order valence-electron chi connectivity index (χ4n) is 4.88. The summed E-state index contributed by atoms with van der Waals surface area (Å²) in [5.74, 6) is 0.870. The summed E-state index contributed by atoms with van der Waals surface area (Å²) in [6.45, 7) is 4.67. The highest BCUT2D eigenvalue weighted by Crippen LogP contribution is 2.44. The number of aryl methyl sites for hydroxylation is 1. The number of rotatable bonds is 3. The first-order valence-corrected chi connectivity index (χ1v) is 11.0. The number of H-pyrrole nitrogens is 1. The Hall–Kier alpha value is -2.99. The Kier molecular flexibility index (Phi) is 5.10. The third-order valence-electron chi connectivity index (χ3n) is 6.72. The van der Waals surface area contributed by atoms with Gasteiger partial charge in [0.05, 0.1) is 19.4 Å². The van der Waals surface area contributed by atoms with Gasteiger partial charge in [0.1, 0.15) is 11.4 Å². The standard InChI is InChI=1S/C25H29N3O3/c1-17-3-5-18(6-4-17)16-26-24(29)28-12-10-25(11-13-28)23-20(9-14-31-25)21-15-19(30-2)7-8-22(21)27-23/h3-8,15,27H,9-14,16H2,1-2H3,(H,26,29). The second-order valence-corrected chi connectivity index (χ2v) is 8.61. The minimum absolute atomic E-state index is 0.00663. The lowest BCUT2D eigenvalue weighted by Crippen LogP contribution is -2.50. The van der Waals surface area contributed by atoms with Gasteiger partial charge in [-0.3, -0.25) is 0 Å². The second kappa shape index (κ2) is 7.93. The topological polar surface area (TPSA) is 66.6 Å². The van der Waals surface area contributed by atoms with Crippen LogP contribution >= 0.6 is 0 Å². The van der Waals surface area contributed by atoms with Crippen LogP contribution in [0.2, 0.25) is 0 Å². The number of nitrogens with zero attached hydrogens (tertiary/aromatic N) is 1. The molecule has 0 bridgehead atoms. The predicted molar refractivity (Wildman–Crippen MR) is 120 cm³/mol. The number of carbonyl (C=O) groups excluding carboxylic acids is 1. The second-order valence-electron chi connectivity index (χ2n) is 8.61. The summed E-state index contributed by atoms with van der Waals surface area (Å²) in [4.78, 5) is 18.2. The Morgan fingerprint density at radius 3 is 2.71 bits per heavy atom. The van der Waals surface area contributed by atoms with Crippen molar-refractivity contribution in [3.8, 4) is 5.75 Å². The highest BCUT2D eigenvalue weighted by Gasteiger charge is 2.43. The molecule has 5 rings (SSSR count). The maximum absolute atomic E-state index is 12.7. The first-order chi connectivity index (χ1) is 15.1. The number of urea groups is 1. The van der Waals surface area contributed by atoms with Crippen LogP contribution in [0.1, 0.15) is 35.2 Å². The largest absolute Gasteiger partial charge is 0.497 e. The Morgan fingerprint density at radius 2 is 1.97 bits per heavy atom. The van der Waals surface area contributed by atoms with Crippen molar-refractivity contribution in [2.75, 3.05) is 26.8 Å². The molecule has 2 aliphatic heterocycles. The van der Waals surface area contributed by atoms with Crippen molar-refractivity contribution < 1.29 is 14.3 Å². The molecule has 3 heterocycles. The Morgan fingerprint density at radius 1 is 1.19 bits per heavy atom. The average Bonchev–Trinajstić information content (AvgIpc) is 3.18. The number of carbonyl (C=O) groups is 1. The van der Waals surface area contributed by atoms with Crippen LogP contribution in [-0.4, -0.2) is 42.7 Å². The zero-order valence-corrected chi connectivity index (χ0v) is 18.2. The van der Waals surface area contributed by atoms with Gasteiger partial charge in [0, 0.05) is 30.5 Å². The third-order valence-corrected chi connectivity index (χ3v) is 6.72. The Balaban J connectivity index is 1.29. The van der Waals surface area contributed by atoms with Gasteiger partial charge < -0.3 is 24.7 Å². The summed E-state index contributed by atoms with van der Waals surface area (Å²) < 4.78 is 11.8. The molecule has 2 aromatic carbocycles. The first-order valence-electron chi connectivity index (χ1n) is 11.0. The van der Waals surface area contributed by atoms with E-state index in [1.165, 1.54) is 22.2 Å². The normalized spacial score (nSPS) is 17.5. The van der Waals surface area contributed by atoms with Gasteiger partial charge >= 0.3 is 6.03 Å². The predicted octanol–water partition coefficient (Wildman–Crippen LogP) is 4.26. The molecule has 2 amide bonds. The fraction of sp³-hybridized carbons (Fsp3) is 0.400. The number of hydrogen-bond acceptors (Lipinski definition) is 3. The molecule has 0 aliphatic carbocycles. The number of benzene rings is 2. The summed E-state index contributed by atoms with van der Waals surface area (Å²) in [6.07, 6.45) is 2.48. The van der Waals surface area contributed by atoms with Crippen LogP contribution in [0.5, 0.6) is 5.75 Å². The molecule has 31 heavy (non-hydrogen) atoms.